The largest absolute Gasteiger partial charge is 0.0616 e. The first-order valence-electron chi connectivity index (χ1n) is 19.5. The van der Waals surface area contributed by atoms with E-state index < -0.39 is 0 Å². The molecule has 0 saturated carbocycles. The smallest absolute Gasteiger partial charge is 0.00141 e. The van der Waals surface area contributed by atoms with Crippen LogP contribution in [0.4, 0.5) is 0 Å². The predicted molar refractivity (Wildman–Crippen MR) is 242 cm³/mol. The van der Waals surface area contributed by atoms with Gasteiger partial charge in [0.15, 0.2) is 0 Å². The molecule has 0 spiro atoms. The summed E-state index contributed by atoms with van der Waals surface area (Å²) in [5, 5.41) is 15.3. The molecule has 0 heterocycles. The van der Waals surface area contributed by atoms with Gasteiger partial charge >= 0.3 is 0 Å². The van der Waals surface area contributed by atoms with Crippen molar-refractivity contribution in [3.05, 3.63) is 205 Å². The summed E-state index contributed by atoms with van der Waals surface area (Å²) < 4.78 is 0. The van der Waals surface area contributed by atoms with E-state index >= 15 is 0 Å². The molecular formula is C56H34. The quantitative estimate of drug-likeness (QED) is 0.126. The van der Waals surface area contributed by atoms with Crippen molar-refractivity contribution in [3.8, 4) is 44.5 Å². The van der Waals surface area contributed by atoms with Crippen LogP contribution in [0, 0.1) is 0 Å². The highest BCUT2D eigenvalue weighted by atomic mass is 14.3. The van der Waals surface area contributed by atoms with Crippen LogP contribution in [0.15, 0.2) is 194 Å². The second-order valence-corrected chi connectivity index (χ2v) is 15.2. The van der Waals surface area contributed by atoms with Crippen molar-refractivity contribution >= 4 is 76.8 Å². The summed E-state index contributed by atoms with van der Waals surface area (Å²) in [6, 6.07) is 72.1. The maximum Gasteiger partial charge on any atom is -0.00141 e. The fourth-order valence-electron chi connectivity index (χ4n) is 9.59. The van der Waals surface area contributed by atoms with Crippen molar-refractivity contribution in [2.75, 3.05) is 0 Å². The molecular weight excluding hydrogens is 673 g/mol. The Labute approximate surface area is 325 Å². The fourth-order valence-corrected chi connectivity index (χ4v) is 9.59. The average molecular weight is 707 g/mol. The SMILES string of the molecule is C1=Cc2c1c1ccccc1c1ccc(-c3cccc(-c4c5ccccc5c(-c5ccc6ccccc6c5)c5ccccc45)c3)c(-c3ccc4ccccc4c3)c21. The minimum Gasteiger partial charge on any atom is -0.0616 e. The highest BCUT2D eigenvalue weighted by Gasteiger charge is 2.23. The molecule has 1 aliphatic carbocycles. The summed E-state index contributed by atoms with van der Waals surface area (Å²) in [5.74, 6) is 0. The van der Waals surface area contributed by atoms with Gasteiger partial charge in [-0.2, -0.15) is 0 Å². The zero-order valence-corrected chi connectivity index (χ0v) is 30.6. The summed E-state index contributed by atoms with van der Waals surface area (Å²) in [7, 11) is 0. The third-order valence-corrected chi connectivity index (χ3v) is 12.2. The zero-order chi connectivity index (χ0) is 36.7. The zero-order valence-electron chi connectivity index (χ0n) is 30.6. The number of benzene rings is 11. The second kappa shape index (κ2) is 12.1. The van der Waals surface area contributed by atoms with Crippen molar-refractivity contribution in [3.63, 3.8) is 0 Å². The monoisotopic (exact) mass is 706 g/mol. The molecule has 0 N–H and O–H groups in total. The van der Waals surface area contributed by atoms with Gasteiger partial charge in [0.25, 0.3) is 0 Å². The molecule has 0 heteroatoms. The molecule has 0 amide bonds. The molecule has 0 unspecified atom stereocenters. The Bertz CT molecular complexity index is 3410. The van der Waals surface area contributed by atoms with E-state index in [2.05, 4.69) is 206 Å². The summed E-state index contributed by atoms with van der Waals surface area (Å²) >= 11 is 0. The Hall–Kier alpha value is -7.28. The van der Waals surface area contributed by atoms with Crippen molar-refractivity contribution < 1.29 is 0 Å². The molecule has 11 aromatic carbocycles. The third kappa shape index (κ3) is 4.60. The van der Waals surface area contributed by atoms with Crippen LogP contribution in [-0.4, -0.2) is 0 Å². The van der Waals surface area contributed by atoms with E-state index in [1.807, 2.05) is 0 Å². The van der Waals surface area contributed by atoms with Crippen LogP contribution in [0.1, 0.15) is 11.1 Å². The molecule has 56 heavy (non-hydrogen) atoms. The van der Waals surface area contributed by atoms with Crippen molar-refractivity contribution in [1.82, 2.24) is 0 Å². The first-order valence-corrected chi connectivity index (χ1v) is 19.5. The van der Waals surface area contributed by atoms with Crippen LogP contribution < -0.4 is 0 Å². The molecule has 0 aromatic heterocycles. The lowest BCUT2D eigenvalue weighted by Crippen LogP contribution is -1.98. The second-order valence-electron chi connectivity index (χ2n) is 15.2. The van der Waals surface area contributed by atoms with Gasteiger partial charge in [-0.25, -0.2) is 0 Å². The van der Waals surface area contributed by atoms with Crippen LogP contribution in [0.3, 0.4) is 0 Å². The molecule has 0 aliphatic heterocycles. The number of fused-ring (bicyclic) bond motifs is 10. The third-order valence-electron chi connectivity index (χ3n) is 12.2. The van der Waals surface area contributed by atoms with Crippen LogP contribution in [0.2, 0.25) is 0 Å². The lowest BCUT2D eigenvalue weighted by Gasteiger charge is -2.23. The van der Waals surface area contributed by atoms with E-state index in [0.717, 1.165) is 0 Å². The Kier molecular flexibility index (Phi) is 6.73. The maximum atomic E-state index is 2.43. The number of hydrogen-bond acceptors (Lipinski definition) is 0. The van der Waals surface area contributed by atoms with Gasteiger partial charge in [-0.05, 0) is 138 Å². The van der Waals surface area contributed by atoms with Crippen LogP contribution in [0.25, 0.3) is 121 Å². The Morgan fingerprint density at radius 2 is 0.696 bits per heavy atom. The molecule has 258 valence electrons. The van der Waals surface area contributed by atoms with Crippen molar-refractivity contribution in [1.29, 1.82) is 0 Å². The van der Waals surface area contributed by atoms with Gasteiger partial charge in [-0.15, -0.1) is 0 Å². The number of rotatable bonds is 4. The maximum absolute atomic E-state index is 2.43. The summed E-state index contributed by atoms with van der Waals surface area (Å²) in [6.45, 7) is 0. The van der Waals surface area contributed by atoms with E-state index in [1.54, 1.807) is 0 Å². The normalized spacial score (nSPS) is 12.2. The molecule has 1 aliphatic rings. The molecule has 0 radical (unpaired) electrons. The topological polar surface area (TPSA) is 0 Å². The minimum atomic E-state index is 1.21. The molecule has 0 atom stereocenters. The van der Waals surface area contributed by atoms with E-state index in [-0.39, 0.29) is 0 Å². The summed E-state index contributed by atoms with van der Waals surface area (Å²) in [6.07, 6.45) is 4.59. The molecule has 0 saturated heterocycles. The van der Waals surface area contributed by atoms with Gasteiger partial charge in [0.05, 0.1) is 0 Å². The van der Waals surface area contributed by atoms with E-state index in [4.69, 9.17) is 0 Å². The van der Waals surface area contributed by atoms with E-state index in [1.165, 1.54) is 120 Å². The van der Waals surface area contributed by atoms with E-state index in [0.29, 0.717) is 0 Å². The summed E-state index contributed by atoms with van der Waals surface area (Å²) in [5.41, 5.74) is 12.7. The first-order chi connectivity index (χ1) is 27.8. The standard InChI is InChI=1S/C56H34/c1-3-14-37-32-41(26-24-35(37)12-1)54-49-22-9-7-20-47(49)53(48-21-8-10-23-50(48)54)40-17-11-16-39(34-40)43-28-30-51-45-19-6-5-18-44(45)46-29-31-52(46)56(51)55(43)42-27-25-36-13-2-4-15-38(36)33-42/h1-34H. The molecule has 0 bridgehead atoms. The van der Waals surface area contributed by atoms with Crippen molar-refractivity contribution in [2.24, 2.45) is 0 Å². The lowest BCUT2D eigenvalue weighted by atomic mass is 9.80. The highest BCUT2D eigenvalue weighted by Crippen LogP contribution is 2.49. The van der Waals surface area contributed by atoms with Gasteiger partial charge in [0.1, 0.15) is 0 Å². The number of hydrogen-bond donors (Lipinski definition) is 0. The average Bonchev–Trinajstić information content (AvgIpc) is 3.24. The lowest BCUT2D eigenvalue weighted by molar-refractivity contribution is 1.60. The molecule has 11 aromatic rings. The van der Waals surface area contributed by atoms with Crippen molar-refractivity contribution in [2.45, 2.75) is 0 Å². The Morgan fingerprint density at radius 1 is 0.232 bits per heavy atom. The molecule has 0 nitrogen and oxygen atoms in total. The van der Waals surface area contributed by atoms with Crippen LogP contribution >= 0.6 is 0 Å². The first kappa shape index (κ1) is 31.1. The van der Waals surface area contributed by atoms with Gasteiger partial charge in [0.2, 0.25) is 0 Å². The van der Waals surface area contributed by atoms with Gasteiger partial charge in [-0.3, -0.25) is 0 Å². The molecule has 0 fully saturated rings. The predicted octanol–water partition coefficient (Wildman–Crippen LogP) is 15.8. The highest BCUT2D eigenvalue weighted by molar-refractivity contribution is 6.25. The fraction of sp³-hybridized carbons (Fsp3) is 0. The minimum absolute atomic E-state index is 1.21. The van der Waals surface area contributed by atoms with Gasteiger partial charge in [-0.1, -0.05) is 188 Å². The molecule has 12 rings (SSSR count). The Balaban J connectivity index is 1.13. The van der Waals surface area contributed by atoms with Crippen LogP contribution in [-0.2, 0) is 0 Å². The Morgan fingerprint density at radius 3 is 1.27 bits per heavy atom. The van der Waals surface area contributed by atoms with Gasteiger partial charge < -0.3 is 0 Å². The van der Waals surface area contributed by atoms with Gasteiger partial charge in [0, 0.05) is 0 Å². The summed E-state index contributed by atoms with van der Waals surface area (Å²) in [4.78, 5) is 0. The van der Waals surface area contributed by atoms with E-state index in [9.17, 15) is 0 Å². The van der Waals surface area contributed by atoms with Crippen LogP contribution in [0.5, 0.6) is 0 Å².